The van der Waals surface area contributed by atoms with Gasteiger partial charge in [0.1, 0.15) is 6.04 Å². The van der Waals surface area contributed by atoms with E-state index in [0.717, 1.165) is 9.87 Å². The summed E-state index contributed by atoms with van der Waals surface area (Å²) >= 11 is 5.97. The molecule has 1 unspecified atom stereocenters. The molecule has 1 amide bonds. The summed E-state index contributed by atoms with van der Waals surface area (Å²) in [5.74, 6) is -0.921. The summed E-state index contributed by atoms with van der Waals surface area (Å²) in [4.78, 5) is 28.2. The number of methoxy groups -OCH3 is 1. The third kappa shape index (κ3) is 4.84. The highest BCUT2D eigenvalue weighted by Crippen LogP contribution is 2.30. The van der Waals surface area contributed by atoms with Crippen LogP contribution < -0.4 is 5.32 Å². The molecule has 1 aromatic heterocycles. The van der Waals surface area contributed by atoms with Crippen molar-refractivity contribution < 1.29 is 22.7 Å². The number of fused-ring (bicyclic) bond motifs is 1. The van der Waals surface area contributed by atoms with Crippen LogP contribution in [0.5, 0.6) is 0 Å². The normalized spacial score (nSPS) is 16.0. The van der Waals surface area contributed by atoms with E-state index in [9.17, 15) is 18.0 Å². The zero-order valence-electron chi connectivity index (χ0n) is 18.6. The molecule has 0 fully saturated rings. The Labute approximate surface area is 202 Å². The molecule has 0 aliphatic carbocycles. The van der Waals surface area contributed by atoms with E-state index in [2.05, 4.69) is 10.3 Å². The second kappa shape index (κ2) is 9.57. The van der Waals surface area contributed by atoms with E-state index in [-0.39, 0.29) is 23.8 Å². The number of imidazole rings is 1. The Hall–Kier alpha value is -3.21. The van der Waals surface area contributed by atoms with Crippen molar-refractivity contribution in [1.82, 2.24) is 13.9 Å². The number of nitrogens with one attached hydrogen (secondary N) is 1. The first-order valence-corrected chi connectivity index (χ1v) is 12.3. The Morgan fingerprint density at radius 2 is 1.82 bits per heavy atom. The number of anilines is 1. The SMILES string of the molecule is COC(=O)C1Cc2ncn(Cc3ccc(Cl)cc3)c2CN1S(=O)(=O)c1ccc(NC(C)=O)cc1. The van der Waals surface area contributed by atoms with Crippen molar-refractivity contribution in [1.29, 1.82) is 0 Å². The number of nitrogens with zero attached hydrogens (tertiary/aromatic N) is 3. The highest BCUT2D eigenvalue weighted by Gasteiger charge is 2.42. The van der Waals surface area contributed by atoms with E-state index in [1.807, 2.05) is 16.7 Å². The van der Waals surface area contributed by atoms with Gasteiger partial charge in [0.2, 0.25) is 15.9 Å². The fourth-order valence-corrected chi connectivity index (χ4v) is 5.57. The molecule has 11 heteroatoms. The summed E-state index contributed by atoms with van der Waals surface area (Å²) < 4.78 is 35.1. The van der Waals surface area contributed by atoms with Crippen LogP contribution in [0, 0.1) is 0 Å². The van der Waals surface area contributed by atoms with Crippen LogP contribution in [0.4, 0.5) is 5.69 Å². The molecule has 1 aliphatic heterocycles. The topological polar surface area (TPSA) is 111 Å². The minimum Gasteiger partial charge on any atom is -0.468 e. The fraction of sp³-hybridized carbons (Fsp3) is 0.261. The van der Waals surface area contributed by atoms with Gasteiger partial charge in [0.05, 0.1) is 36.3 Å². The van der Waals surface area contributed by atoms with Crippen molar-refractivity contribution in [3.8, 4) is 0 Å². The predicted octanol–water partition coefficient (Wildman–Crippen LogP) is 2.83. The summed E-state index contributed by atoms with van der Waals surface area (Å²) in [5, 5.41) is 3.23. The van der Waals surface area contributed by atoms with Gasteiger partial charge in [0.25, 0.3) is 0 Å². The molecule has 2 heterocycles. The number of hydrogen-bond acceptors (Lipinski definition) is 6. The lowest BCUT2D eigenvalue weighted by Crippen LogP contribution is -2.49. The molecule has 0 saturated heterocycles. The highest BCUT2D eigenvalue weighted by molar-refractivity contribution is 7.89. The number of sulfonamides is 1. The molecule has 0 bridgehead atoms. The van der Waals surface area contributed by atoms with Crippen LogP contribution in [0.1, 0.15) is 23.9 Å². The predicted molar refractivity (Wildman–Crippen MR) is 126 cm³/mol. The zero-order valence-corrected chi connectivity index (χ0v) is 20.1. The van der Waals surface area contributed by atoms with Crippen LogP contribution in [0.3, 0.4) is 0 Å². The number of halogens is 1. The average molecular weight is 503 g/mol. The molecule has 3 aromatic rings. The number of esters is 1. The van der Waals surface area contributed by atoms with Crippen molar-refractivity contribution in [3.63, 3.8) is 0 Å². The van der Waals surface area contributed by atoms with Crippen LogP contribution in [-0.4, -0.2) is 47.3 Å². The molecule has 34 heavy (non-hydrogen) atoms. The molecule has 1 aliphatic rings. The van der Waals surface area contributed by atoms with E-state index in [0.29, 0.717) is 28.6 Å². The highest BCUT2D eigenvalue weighted by atomic mass is 35.5. The summed E-state index contributed by atoms with van der Waals surface area (Å²) in [6.07, 6.45) is 1.74. The summed E-state index contributed by atoms with van der Waals surface area (Å²) in [6.45, 7) is 1.80. The van der Waals surface area contributed by atoms with Crippen LogP contribution in [0.15, 0.2) is 59.8 Å². The standard InChI is InChI=1S/C23H23ClN4O5S/c1-15(29)26-18-7-9-19(10-8-18)34(31,32)28-13-22-20(11-21(28)23(30)33-2)25-14-27(22)12-16-3-5-17(24)6-4-16/h3-10,14,21H,11-13H2,1-2H3,(H,26,29). The molecular weight excluding hydrogens is 480 g/mol. The van der Waals surface area contributed by atoms with Gasteiger partial charge in [-0.15, -0.1) is 0 Å². The second-order valence-corrected chi connectivity index (χ2v) is 10.2. The van der Waals surface area contributed by atoms with Gasteiger partial charge in [-0.05, 0) is 42.0 Å². The van der Waals surface area contributed by atoms with E-state index < -0.39 is 22.0 Å². The van der Waals surface area contributed by atoms with Gasteiger partial charge >= 0.3 is 5.97 Å². The summed E-state index contributed by atoms with van der Waals surface area (Å²) in [5.41, 5.74) is 2.80. The lowest BCUT2D eigenvalue weighted by atomic mass is 10.1. The van der Waals surface area contributed by atoms with Crippen molar-refractivity contribution in [3.05, 3.63) is 76.8 Å². The average Bonchev–Trinajstić information content (AvgIpc) is 3.21. The third-order valence-corrected chi connectivity index (χ3v) is 7.71. The third-order valence-electron chi connectivity index (χ3n) is 5.59. The monoisotopic (exact) mass is 502 g/mol. The molecule has 2 aromatic carbocycles. The fourth-order valence-electron chi connectivity index (χ4n) is 3.91. The summed E-state index contributed by atoms with van der Waals surface area (Å²) in [6, 6.07) is 12.1. The molecule has 0 radical (unpaired) electrons. The number of carbonyl (C=O) groups is 2. The Bertz CT molecular complexity index is 1320. The van der Waals surface area contributed by atoms with E-state index >= 15 is 0 Å². The Morgan fingerprint density at radius 1 is 1.15 bits per heavy atom. The Balaban J connectivity index is 1.68. The van der Waals surface area contributed by atoms with Crippen LogP contribution in [-0.2, 0) is 43.9 Å². The smallest absolute Gasteiger partial charge is 0.324 e. The minimum absolute atomic E-state index is 0.00252. The number of ether oxygens (including phenoxy) is 1. The van der Waals surface area contributed by atoms with Gasteiger partial charge in [-0.1, -0.05) is 23.7 Å². The van der Waals surface area contributed by atoms with Crippen molar-refractivity contribution in [2.45, 2.75) is 37.4 Å². The molecule has 9 nitrogen and oxygen atoms in total. The molecule has 1 N–H and O–H groups in total. The van der Waals surface area contributed by atoms with Crippen molar-refractivity contribution >= 4 is 39.2 Å². The summed E-state index contributed by atoms with van der Waals surface area (Å²) in [7, 11) is -2.84. The van der Waals surface area contributed by atoms with Crippen LogP contribution in [0.25, 0.3) is 0 Å². The number of amides is 1. The minimum atomic E-state index is -4.07. The maximum absolute atomic E-state index is 13.6. The van der Waals surface area contributed by atoms with E-state index in [4.69, 9.17) is 16.3 Å². The first kappa shape index (κ1) is 23.9. The van der Waals surface area contributed by atoms with Gasteiger partial charge in [-0.3, -0.25) is 9.59 Å². The quantitative estimate of drug-likeness (QED) is 0.519. The molecule has 178 valence electrons. The lowest BCUT2D eigenvalue weighted by Gasteiger charge is -2.33. The number of benzene rings is 2. The molecule has 4 rings (SSSR count). The van der Waals surface area contributed by atoms with Gasteiger partial charge in [0.15, 0.2) is 0 Å². The zero-order chi connectivity index (χ0) is 24.5. The molecule has 1 atom stereocenters. The molecular formula is C23H23ClN4O5S. The Morgan fingerprint density at radius 3 is 2.44 bits per heavy atom. The number of hydrogen-bond donors (Lipinski definition) is 1. The first-order chi connectivity index (χ1) is 16.2. The van der Waals surface area contributed by atoms with Crippen LogP contribution in [0.2, 0.25) is 5.02 Å². The molecule has 0 spiro atoms. The van der Waals surface area contributed by atoms with Gasteiger partial charge in [-0.2, -0.15) is 4.31 Å². The molecule has 0 saturated carbocycles. The largest absolute Gasteiger partial charge is 0.468 e. The van der Waals surface area contributed by atoms with Gasteiger partial charge < -0.3 is 14.6 Å². The number of carbonyl (C=O) groups excluding carboxylic acids is 2. The number of rotatable bonds is 6. The second-order valence-electron chi connectivity index (χ2n) is 7.89. The van der Waals surface area contributed by atoms with Crippen molar-refractivity contribution in [2.75, 3.05) is 12.4 Å². The van der Waals surface area contributed by atoms with E-state index in [1.165, 1.54) is 38.3 Å². The maximum atomic E-state index is 13.6. The van der Waals surface area contributed by atoms with E-state index in [1.54, 1.807) is 18.5 Å². The van der Waals surface area contributed by atoms with Gasteiger partial charge in [-0.25, -0.2) is 13.4 Å². The number of aromatic nitrogens is 2. The first-order valence-electron chi connectivity index (χ1n) is 10.4. The van der Waals surface area contributed by atoms with Crippen LogP contribution >= 0.6 is 11.6 Å². The maximum Gasteiger partial charge on any atom is 0.324 e. The van der Waals surface area contributed by atoms with Crippen molar-refractivity contribution in [2.24, 2.45) is 0 Å². The Kier molecular flexibility index (Phi) is 6.74. The lowest BCUT2D eigenvalue weighted by molar-refractivity contribution is -0.145. The van der Waals surface area contributed by atoms with Gasteiger partial charge in [0, 0.05) is 30.6 Å².